The number of aromatic nitrogens is 1. The number of nitrogens with two attached hydrogens (primary N) is 1. The Balaban J connectivity index is 2.80. The molecule has 0 bridgehead atoms. The number of fused-ring (bicyclic) bond motifs is 1. The number of hydrogen-bond acceptors (Lipinski definition) is 3. The van der Waals surface area contributed by atoms with E-state index >= 15 is 0 Å². The average molecular weight is 187 g/mol. The van der Waals surface area contributed by atoms with Gasteiger partial charge in [0, 0.05) is 5.39 Å². The van der Waals surface area contributed by atoms with E-state index in [0.717, 1.165) is 22.3 Å². The number of para-hydroxylation sites is 1. The Labute approximate surface area is 82.9 Å². The summed E-state index contributed by atoms with van der Waals surface area (Å²) in [5.74, 6) is 6.12. The Morgan fingerprint density at radius 3 is 2.71 bits per heavy atom. The smallest absolute Gasteiger partial charge is 0.143 e. The fourth-order valence-corrected chi connectivity index (χ4v) is 1.60. The zero-order valence-electron chi connectivity index (χ0n) is 8.33. The van der Waals surface area contributed by atoms with Gasteiger partial charge in [0.2, 0.25) is 0 Å². The van der Waals surface area contributed by atoms with Crippen LogP contribution in [-0.4, -0.2) is 4.98 Å². The molecule has 3 N–H and O–H groups in total. The summed E-state index contributed by atoms with van der Waals surface area (Å²) in [5, 5.41) is 1.15. The lowest BCUT2D eigenvalue weighted by atomic mass is 10.1. The summed E-state index contributed by atoms with van der Waals surface area (Å²) in [5.41, 5.74) is 5.84. The molecule has 0 amide bonds. The second-order valence-corrected chi connectivity index (χ2v) is 3.44. The number of anilines is 1. The molecule has 0 aliphatic carbocycles. The molecule has 2 aromatic rings. The number of hydrazine groups is 1. The highest BCUT2D eigenvalue weighted by Crippen LogP contribution is 2.21. The van der Waals surface area contributed by atoms with Gasteiger partial charge < -0.3 is 5.43 Å². The Morgan fingerprint density at radius 1 is 1.21 bits per heavy atom. The number of nitrogens with zero attached hydrogens (tertiary/aromatic N) is 1. The summed E-state index contributed by atoms with van der Waals surface area (Å²) in [6, 6.07) is 8.23. The van der Waals surface area contributed by atoms with Crippen LogP contribution in [0.2, 0.25) is 0 Å². The van der Waals surface area contributed by atoms with Gasteiger partial charge in [0.1, 0.15) is 5.82 Å². The minimum Gasteiger partial charge on any atom is -0.308 e. The highest BCUT2D eigenvalue weighted by atomic mass is 15.2. The van der Waals surface area contributed by atoms with E-state index in [4.69, 9.17) is 5.84 Å². The molecule has 1 aromatic heterocycles. The molecule has 3 nitrogen and oxygen atoms in total. The second-order valence-electron chi connectivity index (χ2n) is 3.44. The van der Waals surface area contributed by atoms with E-state index in [9.17, 15) is 0 Å². The molecular weight excluding hydrogens is 174 g/mol. The molecule has 72 valence electrons. The van der Waals surface area contributed by atoms with Crippen LogP contribution in [0.4, 0.5) is 5.82 Å². The first kappa shape index (κ1) is 8.97. The van der Waals surface area contributed by atoms with E-state index in [1.165, 1.54) is 5.56 Å². The monoisotopic (exact) mass is 187 g/mol. The number of hydrogen-bond donors (Lipinski definition) is 2. The zero-order valence-corrected chi connectivity index (χ0v) is 8.33. The van der Waals surface area contributed by atoms with Crippen LogP contribution in [0.15, 0.2) is 24.3 Å². The van der Waals surface area contributed by atoms with E-state index in [1.54, 1.807) is 0 Å². The molecule has 0 aliphatic heterocycles. The van der Waals surface area contributed by atoms with Crippen LogP contribution < -0.4 is 11.3 Å². The lowest BCUT2D eigenvalue weighted by Gasteiger charge is -2.07. The first-order valence-corrected chi connectivity index (χ1v) is 4.56. The van der Waals surface area contributed by atoms with Crippen LogP contribution in [0, 0.1) is 13.8 Å². The van der Waals surface area contributed by atoms with Crippen LogP contribution in [-0.2, 0) is 0 Å². The molecule has 0 saturated carbocycles. The first-order chi connectivity index (χ1) is 6.72. The van der Waals surface area contributed by atoms with Gasteiger partial charge in [0.15, 0.2) is 0 Å². The van der Waals surface area contributed by atoms with Crippen LogP contribution in [0.5, 0.6) is 0 Å². The minimum absolute atomic E-state index is 0.742. The molecule has 0 spiro atoms. The topological polar surface area (TPSA) is 50.9 Å². The number of rotatable bonds is 1. The number of nitrogens with one attached hydrogen (secondary N) is 1. The summed E-state index contributed by atoms with van der Waals surface area (Å²) in [6.07, 6.45) is 0. The normalized spacial score (nSPS) is 10.5. The summed E-state index contributed by atoms with van der Waals surface area (Å²) in [7, 11) is 0. The number of pyridine rings is 1. The molecule has 0 unspecified atom stereocenters. The molecule has 2 rings (SSSR count). The predicted octanol–water partition coefficient (Wildman–Crippen LogP) is 2.14. The van der Waals surface area contributed by atoms with Gasteiger partial charge in [-0.3, -0.25) is 0 Å². The van der Waals surface area contributed by atoms with Crippen LogP contribution >= 0.6 is 0 Å². The highest BCUT2D eigenvalue weighted by Gasteiger charge is 2.03. The Hall–Kier alpha value is -1.61. The molecule has 1 heterocycles. The van der Waals surface area contributed by atoms with Crippen molar-refractivity contribution < 1.29 is 0 Å². The SMILES string of the molecule is Cc1cc2cccc(C)c2nc1NN. The van der Waals surface area contributed by atoms with Gasteiger partial charge in [-0.25, -0.2) is 10.8 Å². The van der Waals surface area contributed by atoms with E-state index in [1.807, 2.05) is 26.0 Å². The summed E-state index contributed by atoms with van der Waals surface area (Å²) >= 11 is 0. The first-order valence-electron chi connectivity index (χ1n) is 4.56. The quantitative estimate of drug-likeness (QED) is 0.531. The largest absolute Gasteiger partial charge is 0.308 e. The van der Waals surface area contributed by atoms with E-state index < -0.39 is 0 Å². The van der Waals surface area contributed by atoms with Gasteiger partial charge in [-0.2, -0.15) is 0 Å². The highest BCUT2D eigenvalue weighted by molar-refractivity contribution is 5.84. The Bertz CT molecular complexity index is 477. The van der Waals surface area contributed by atoms with Crippen molar-refractivity contribution in [2.75, 3.05) is 5.43 Å². The van der Waals surface area contributed by atoms with Crippen LogP contribution in [0.25, 0.3) is 10.9 Å². The van der Waals surface area contributed by atoms with E-state index in [0.29, 0.717) is 0 Å². The van der Waals surface area contributed by atoms with Crippen molar-refractivity contribution in [3.8, 4) is 0 Å². The second kappa shape index (κ2) is 3.27. The summed E-state index contributed by atoms with van der Waals surface area (Å²) < 4.78 is 0. The van der Waals surface area contributed by atoms with Crippen molar-refractivity contribution in [2.24, 2.45) is 5.84 Å². The molecule has 0 saturated heterocycles. The maximum absolute atomic E-state index is 5.38. The van der Waals surface area contributed by atoms with Crippen molar-refractivity contribution >= 4 is 16.7 Å². The lowest BCUT2D eigenvalue weighted by Crippen LogP contribution is -2.10. The lowest BCUT2D eigenvalue weighted by molar-refractivity contribution is 1.22. The number of aryl methyl sites for hydroxylation is 2. The van der Waals surface area contributed by atoms with Gasteiger partial charge in [0.25, 0.3) is 0 Å². The zero-order chi connectivity index (χ0) is 10.1. The number of nitrogen functional groups attached to an aromatic ring is 1. The average Bonchev–Trinajstić information content (AvgIpc) is 2.17. The third-order valence-corrected chi connectivity index (χ3v) is 2.37. The van der Waals surface area contributed by atoms with E-state index in [2.05, 4.69) is 22.5 Å². The van der Waals surface area contributed by atoms with Crippen LogP contribution in [0.1, 0.15) is 11.1 Å². The minimum atomic E-state index is 0.742. The van der Waals surface area contributed by atoms with Gasteiger partial charge in [-0.05, 0) is 31.0 Å². The Morgan fingerprint density at radius 2 is 2.00 bits per heavy atom. The fraction of sp³-hybridized carbons (Fsp3) is 0.182. The third-order valence-electron chi connectivity index (χ3n) is 2.37. The maximum Gasteiger partial charge on any atom is 0.143 e. The summed E-state index contributed by atoms with van der Waals surface area (Å²) in [6.45, 7) is 4.04. The molecule has 0 radical (unpaired) electrons. The summed E-state index contributed by atoms with van der Waals surface area (Å²) in [4.78, 5) is 4.46. The van der Waals surface area contributed by atoms with Gasteiger partial charge in [0.05, 0.1) is 5.52 Å². The van der Waals surface area contributed by atoms with Gasteiger partial charge in [-0.15, -0.1) is 0 Å². The molecule has 1 aromatic carbocycles. The van der Waals surface area contributed by atoms with Gasteiger partial charge in [-0.1, -0.05) is 18.2 Å². The molecule has 14 heavy (non-hydrogen) atoms. The van der Waals surface area contributed by atoms with Crippen molar-refractivity contribution in [1.29, 1.82) is 0 Å². The molecule has 0 atom stereocenters. The van der Waals surface area contributed by atoms with E-state index in [-0.39, 0.29) is 0 Å². The standard InChI is InChI=1S/C11H13N3/c1-7-4-3-5-9-6-8(2)11(14-12)13-10(7)9/h3-6H,12H2,1-2H3,(H,13,14). The van der Waals surface area contributed by atoms with Crippen molar-refractivity contribution in [1.82, 2.24) is 4.98 Å². The Kier molecular flexibility index (Phi) is 2.09. The molecule has 3 heteroatoms. The molecule has 0 fully saturated rings. The van der Waals surface area contributed by atoms with Crippen molar-refractivity contribution in [3.05, 3.63) is 35.4 Å². The van der Waals surface area contributed by atoms with Gasteiger partial charge >= 0.3 is 0 Å². The van der Waals surface area contributed by atoms with Crippen molar-refractivity contribution in [2.45, 2.75) is 13.8 Å². The molecular formula is C11H13N3. The van der Waals surface area contributed by atoms with Crippen LogP contribution in [0.3, 0.4) is 0 Å². The molecule has 0 aliphatic rings. The van der Waals surface area contributed by atoms with Crippen molar-refractivity contribution in [3.63, 3.8) is 0 Å². The predicted molar refractivity (Wildman–Crippen MR) is 59.0 cm³/mol. The fourth-order valence-electron chi connectivity index (χ4n) is 1.60. The third kappa shape index (κ3) is 1.32. The number of benzene rings is 1. The maximum atomic E-state index is 5.38.